The first-order valence-electron chi connectivity index (χ1n) is 2.19. The van der Waals surface area contributed by atoms with E-state index >= 15 is 0 Å². The summed E-state index contributed by atoms with van der Waals surface area (Å²) in [6.07, 6.45) is 0. The fraction of sp³-hybridized carbons (Fsp3) is 0. The van der Waals surface area contributed by atoms with Crippen LogP contribution in [0.4, 0.5) is 0 Å². The van der Waals surface area contributed by atoms with Crippen molar-refractivity contribution in [1.29, 1.82) is 0 Å². The van der Waals surface area contributed by atoms with Crippen LogP contribution in [0.5, 0.6) is 0 Å². The quantitative estimate of drug-likeness (QED) is 0.246. The molecule has 0 saturated carbocycles. The van der Waals surface area contributed by atoms with Gasteiger partial charge in [-0.2, -0.15) is 0 Å². The van der Waals surface area contributed by atoms with E-state index in [1.54, 1.807) is 0 Å². The molecule has 0 bridgehead atoms. The molecule has 0 heterocycles. The second-order valence-corrected chi connectivity index (χ2v) is 0.447. The summed E-state index contributed by atoms with van der Waals surface area (Å²) in [6.45, 7) is 0. The molecule has 0 aromatic carbocycles. The van der Waals surface area contributed by atoms with Crippen LogP contribution in [-0.2, 0) is 19.5 Å². The monoisotopic (exact) mass is 418 g/mol. The Kier molecular flexibility index (Phi) is 578. The number of nitrogens with zero attached hydrogens (tertiary/aromatic N) is 6. The molecule has 0 atom stereocenters. The Balaban J connectivity index is -0.0000000141. The predicted molar refractivity (Wildman–Crippen MR) is 55.0 cm³/mol. The van der Waals surface area contributed by atoms with Crippen LogP contribution >= 0.6 is 0 Å². The first-order chi connectivity index (χ1) is 8.49. The van der Waals surface area contributed by atoms with Crippen molar-refractivity contribution in [2.75, 3.05) is 0 Å². The van der Waals surface area contributed by atoms with Gasteiger partial charge in [0.25, 0.3) is 0 Å². The Labute approximate surface area is 162 Å². The molecule has 0 aliphatic rings. The summed E-state index contributed by atoms with van der Waals surface area (Å²) in [5, 5.41) is 54.0. The summed E-state index contributed by atoms with van der Waals surface area (Å²) in [6, 6.07) is 0. The van der Waals surface area contributed by atoms with Gasteiger partial charge in [-0.1, -0.05) is 0 Å². The zero-order valence-corrected chi connectivity index (χ0v) is 13.7. The summed E-state index contributed by atoms with van der Waals surface area (Å²) in [5.41, 5.74) is 0. The summed E-state index contributed by atoms with van der Waals surface area (Å²) in [7, 11) is 0. The molecule has 0 amide bonds. The van der Waals surface area contributed by atoms with E-state index in [4.69, 9.17) is 60.7 Å². The van der Waals surface area contributed by atoms with Gasteiger partial charge < -0.3 is 60.7 Å². The van der Waals surface area contributed by atoms with Crippen molar-refractivity contribution >= 4 is 0 Å². The van der Waals surface area contributed by atoms with E-state index in [0.29, 0.717) is 0 Å². The maximum Gasteiger partial charge on any atom is 1.00 e. The van der Waals surface area contributed by atoms with Gasteiger partial charge in [0.2, 0.25) is 0 Å². The average Bonchev–Trinajstić information content (AvgIpc) is 2.23. The molecular weight excluding hydrogens is 418 g/mol. The van der Waals surface area contributed by atoms with Crippen LogP contribution in [0.2, 0.25) is 0 Å². The normalized spacial score (nSPS) is 3.60. The molecule has 1 radical (unpaired) electrons. The minimum Gasteiger partial charge on any atom is -0.444 e. The number of hydrogen-bond donors (Lipinski definition) is 0. The second kappa shape index (κ2) is 226. The molecule has 0 aliphatic carbocycles. The standard InChI is InChI=1S/K.6HNO2.Rh/c;6*2-1-3;/h;6*(H,2,3);/q+1;;;;;;;/p-6. The molecule has 20 heavy (non-hydrogen) atoms. The molecule has 20 heteroatoms. The van der Waals surface area contributed by atoms with E-state index in [1.165, 1.54) is 0 Å². The molecule has 0 aliphatic heterocycles. The molecule has 0 aromatic rings. The molecule has 0 N–H and O–H groups in total. The van der Waals surface area contributed by atoms with E-state index in [0.717, 1.165) is 32.0 Å². The van der Waals surface area contributed by atoms with Crippen molar-refractivity contribution in [2.45, 2.75) is 0 Å². The van der Waals surface area contributed by atoms with Crippen LogP contribution in [-0.4, -0.2) is 0 Å². The fourth-order valence-corrected chi connectivity index (χ4v) is 0. The van der Waals surface area contributed by atoms with Gasteiger partial charge in [-0.3, -0.25) is 0 Å². The summed E-state index contributed by atoms with van der Waals surface area (Å²) in [5.74, 6) is 0. The summed E-state index contributed by atoms with van der Waals surface area (Å²) < 4.78 is 0. The van der Waals surface area contributed by atoms with Crippen molar-refractivity contribution in [3.8, 4) is 0 Å². The summed E-state index contributed by atoms with van der Waals surface area (Å²) >= 11 is 0. The number of hydrogen-bond acceptors (Lipinski definition) is 18. The molecule has 117 valence electrons. The minimum atomic E-state index is 0. The van der Waals surface area contributed by atoms with E-state index in [9.17, 15) is 0 Å². The van der Waals surface area contributed by atoms with Crippen molar-refractivity contribution in [3.63, 3.8) is 0 Å². The van der Waals surface area contributed by atoms with Crippen molar-refractivity contribution in [1.82, 2.24) is 0 Å². The largest absolute Gasteiger partial charge is 1.00 e. The van der Waals surface area contributed by atoms with Crippen LogP contribution in [0.25, 0.3) is 0 Å². The van der Waals surface area contributed by atoms with Gasteiger partial charge in [-0.15, -0.1) is 32.0 Å². The average molecular weight is 418 g/mol. The topological polar surface area (TPSA) is 315 Å². The third-order valence-electron chi connectivity index (χ3n) is 0. The van der Waals surface area contributed by atoms with Gasteiger partial charge in [-0.25, -0.2) is 0 Å². The Morgan fingerprint density at radius 2 is 0.400 bits per heavy atom. The third kappa shape index (κ3) is 2270. The van der Waals surface area contributed by atoms with Gasteiger partial charge in [0, 0.05) is 19.5 Å². The molecule has 0 rings (SSSR count). The first-order valence-corrected chi connectivity index (χ1v) is 2.19. The Morgan fingerprint density at radius 1 is 0.400 bits per heavy atom. The van der Waals surface area contributed by atoms with Crippen molar-refractivity contribution in [3.05, 3.63) is 60.7 Å². The molecular formula is KN6O12Rh-5. The van der Waals surface area contributed by atoms with Gasteiger partial charge in [0.1, 0.15) is 0 Å². The molecule has 0 saturated heterocycles. The third-order valence-corrected chi connectivity index (χ3v) is 0. The van der Waals surface area contributed by atoms with Gasteiger partial charge in [0.15, 0.2) is 0 Å². The zero-order valence-electron chi connectivity index (χ0n) is 8.92. The maximum absolute atomic E-state index is 8.00. The van der Waals surface area contributed by atoms with E-state index in [-0.39, 0.29) is 70.9 Å². The number of rotatable bonds is 0. The predicted octanol–water partition coefficient (Wildman–Crippen LogP) is -1.49. The fourth-order valence-electron chi connectivity index (χ4n) is 0. The van der Waals surface area contributed by atoms with Crippen molar-refractivity contribution < 1.29 is 70.9 Å². The minimum absolute atomic E-state index is 0. The van der Waals surface area contributed by atoms with Crippen molar-refractivity contribution in [2.24, 2.45) is 32.0 Å². The summed E-state index contributed by atoms with van der Waals surface area (Å²) in [4.78, 5) is 48.0. The first kappa shape index (κ1) is 51.2. The van der Waals surface area contributed by atoms with E-state index in [2.05, 4.69) is 0 Å². The molecule has 18 nitrogen and oxygen atoms in total. The van der Waals surface area contributed by atoms with Crippen LogP contribution in [0.1, 0.15) is 0 Å². The molecule has 0 fully saturated rings. The maximum atomic E-state index is 8.00. The van der Waals surface area contributed by atoms with E-state index < -0.39 is 0 Å². The smallest absolute Gasteiger partial charge is 0.444 e. The second-order valence-electron chi connectivity index (χ2n) is 0.447. The van der Waals surface area contributed by atoms with Gasteiger partial charge in [-0.05, 0) is 0 Å². The van der Waals surface area contributed by atoms with Gasteiger partial charge >= 0.3 is 51.4 Å². The Morgan fingerprint density at radius 3 is 0.400 bits per heavy atom. The van der Waals surface area contributed by atoms with Crippen LogP contribution in [0, 0.1) is 60.7 Å². The van der Waals surface area contributed by atoms with Crippen LogP contribution in [0.3, 0.4) is 0 Å². The Hall–Kier alpha value is -1.34. The molecule has 0 spiro atoms. The van der Waals surface area contributed by atoms with Crippen LogP contribution in [0.15, 0.2) is 32.0 Å². The molecule has 0 aromatic heterocycles. The van der Waals surface area contributed by atoms with Crippen LogP contribution < -0.4 is 51.4 Å². The SMILES string of the molecule is O=N[O-].O=N[O-].O=N[O-].O=N[O-].O=N[O-].O=N[O-].[K+].[Rh]. The Bertz CT molecular complexity index is 119. The zero-order chi connectivity index (χ0) is 16.2. The van der Waals surface area contributed by atoms with E-state index in [1.807, 2.05) is 0 Å². The molecule has 0 unspecified atom stereocenters. The van der Waals surface area contributed by atoms with Gasteiger partial charge in [0.05, 0.1) is 0 Å².